The molecule has 0 atom stereocenters. The maximum atomic E-state index is 13.7. The topological polar surface area (TPSA) is 202 Å². The van der Waals surface area contributed by atoms with Crippen molar-refractivity contribution in [3.8, 4) is 0 Å². The molecule has 0 saturated heterocycles. The minimum absolute atomic E-state index is 0.0168. The van der Waals surface area contributed by atoms with Gasteiger partial charge < -0.3 is 51.9 Å². The van der Waals surface area contributed by atoms with Crippen LogP contribution in [0.2, 0.25) is 0 Å². The van der Waals surface area contributed by atoms with Gasteiger partial charge in [0.15, 0.2) is 0 Å². The summed E-state index contributed by atoms with van der Waals surface area (Å²) in [7, 11) is 0. The Morgan fingerprint density at radius 2 is 0.320 bits per heavy atom. The van der Waals surface area contributed by atoms with Crippen LogP contribution >= 0.6 is 0 Å². The molecule has 0 aromatic heterocycles. The van der Waals surface area contributed by atoms with Crippen molar-refractivity contribution in [2.75, 3.05) is 111 Å². The lowest BCUT2D eigenvalue weighted by Crippen LogP contribution is -2.45. The molecule has 0 aliphatic heterocycles. The number of unbranched alkanes of at least 4 members (excludes halogenated alkanes) is 45. The van der Waals surface area contributed by atoms with Crippen molar-refractivity contribution in [2.45, 2.75) is 394 Å². The molecule has 0 aromatic carbocycles. The first-order chi connectivity index (χ1) is 49.0. The van der Waals surface area contributed by atoms with E-state index in [1.54, 1.807) is 0 Å². The van der Waals surface area contributed by atoms with Gasteiger partial charge in [-0.1, -0.05) is 324 Å². The second-order valence-electron chi connectivity index (χ2n) is 30.0. The molecule has 16 heteroatoms. The summed E-state index contributed by atoms with van der Waals surface area (Å²) in [5.74, 6) is -0.191. The maximum absolute atomic E-state index is 13.7. The molecule has 7 N–H and O–H groups in total. The SMILES string of the molecule is CCCCCCCCCCCCNC(=O)CCN(CCC(N)=O)CCN(CCC(=O)NCCCCCCCCCCCC)CCN(CCC(=O)NCCCCCCCCCCCC)CCN(CCC(=O)NCCCCCCCCCCCC)CCC(=O)NCCCCCCCCCCCC. The fraction of sp³-hybridized carbons (Fsp3) is 0.929. The molecule has 0 rings (SSSR count). The fourth-order valence-electron chi connectivity index (χ4n) is 13.4. The number of hydrogen-bond acceptors (Lipinski definition) is 10. The van der Waals surface area contributed by atoms with Crippen LogP contribution in [0.4, 0.5) is 0 Å². The summed E-state index contributed by atoms with van der Waals surface area (Å²) in [6.07, 6.45) is 64.1. The van der Waals surface area contributed by atoms with Gasteiger partial charge >= 0.3 is 0 Å². The molecule has 6 amide bonds. The molecular formula is C84H168N10O6. The highest BCUT2D eigenvalue weighted by atomic mass is 16.2. The van der Waals surface area contributed by atoms with Crippen molar-refractivity contribution in [2.24, 2.45) is 5.73 Å². The molecule has 0 aliphatic rings. The van der Waals surface area contributed by atoms with Gasteiger partial charge in [-0.3, -0.25) is 28.8 Å². The molecule has 0 unspecified atom stereocenters. The fourth-order valence-corrected chi connectivity index (χ4v) is 13.4. The van der Waals surface area contributed by atoms with Gasteiger partial charge in [0, 0.05) is 150 Å². The van der Waals surface area contributed by atoms with Crippen molar-refractivity contribution < 1.29 is 28.8 Å². The third-order valence-electron chi connectivity index (χ3n) is 20.4. The lowest BCUT2D eigenvalue weighted by molar-refractivity contribution is -0.123. The van der Waals surface area contributed by atoms with E-state index in [0.29, 0.717) is 143 Å². The second kappa shape index (κ2) is 78.3. The first kappa shape index (κ1) is 96.7. The van der Waals surface area contributed by atoms with Gasteiger partial charge in [-0.15, -0.1) is 0 Å². The van der Waals surface area contributed by atoms with Crippen molar-refractivity contribution in [1.82, 2.24) is 46.2 Å². The standard InChI is InChI=1S/C84H168N10O6/c1-6-11-16-21-26-31-36-41-46-51-62-86-80(96)57-68-91(67-56-79(85)95)73-75-93(71-60-83(99)89-65-54-49-44-39-34-29-24-19-14-9-4)77-78-94(72-61-84(100)90-66-55-50-45-40-35-30-25-20-15-10-5)76-74-92(69-58-81(97)87-63-52-47-42-37-32-27-22-17-12-7-2)70-59-82(98)88-64-53-48-43-38-33-28-23-18-13-8-3/h6-78H2,1-5H3,(H2,85,95)(H,86,96)(H,87,97)(H,88,98)(H,89,99)(H,90,100). The summed E-state index contributed by atoms with van der Waals surface area (Å²) in [6.45, 7) is 21.5. The molecule has 590 valence electrons. The highest BCUT2D eigenvalue weighted by Crippen LogP contribution is 2.16. The summed E-state index contributed by atoms with van der Waals surface area (Å²) < 4.78 is 0. The number of amides is 6. The minimum Gasteiger partial charge on any atom is -0.370 e. The normalized spacial score (nSPS) is 11.6. The molecule has 0 bridgehead atoms. The molecule has 0 spiro atoms. The number of nitrogens with two attached hydrogens (primary N) is 1. The van der Waals surface area contributed by atoms with E-state index in [9.17, 15) is 28.8 Å². The average molecular weight is 1410 g/mol. The number of hydrogen-bond donors (Lipinski definition) is 6. The third-order valence-corrected chi connectivity index (χ3v) is 20.4. The molecule has 100 heavy (non-hydrogen) atoms. The highest BCUT2D eigenvalue weighted by molar-refractivity contribution is 5.77. The molecule has 16 nitrogen and oxygen atoms in total. The van der Waals surface area contributed by atoms with Crippen LogP contribution < -0.4 is 32.3 Å². The van der Waals surface area contributed by atoms with Crippen LogP contribution in [0.15, 0.2) is 0 Å². The van der Waals surface area contributed by atoms with E-state index in [1.807, 2.05) is 0 Å². The van der Waals surface area contributed by atoms with E-state index in [0.717, 1.165) is 64.2 Å². The predicted molar refractivity (Wildman–Crippen MR) is 427 cm³/mol. The highest BCUT2D eigenvalue weighted by Gasteiger charge is 2.19. The lowest BCUT2D eigenvalue weighted by Gasteiger charge is -2.31. The molecule has 0 saturated carbocycles. The van der Waals surface area contributed by atoms with Gasteiger partial charge in [0.05, 0.1) is 0 Å². The number of rotatable bonds is 82. The van der Waals surface area contributed by atoms with Gasteiger partial charge in [-0.25, -0.2) is 0 Å². The molecule has 0 aliphatic carbocycles. The Morgan fingerprint density at radius 3 is 0.470 bits per heavy atom. The second-order valence-corrected chi connectivity index (χ2v) is 30.0. The predicted octanol–water partition coefficient (Wildman–Crippen LogP) is 18.2. The summed E-state index contributed by atoms with van der Waals surface area (Å²) in [6, 6.07) is 0. The Morgan fingerprint density at radius 1 is 0.190 bits per heavy atom. The lowest BCUT2D eigenvalue weighted by atomic mass is 10.1. The largest absolute Gasteiger partial charge is 0.370 e. The third kappa shape index (κ3) is 73.0. The summed E-state index contributed by atoms with van der Waals surface area (Å²) in [5.41, 5.74) is 5.74. The van der Waals surface area contributed by atoms with E-state index < -0.39 is 0 Å². The van der Waals surface area contributed by atoms with E-state index in [-0.39, 0.29) is 41.9 Å². The van der Waals surface area contributed by atoms with Crippen molar-refractivity contribution in [3.05, 3.63) is 0 Å². The number of carbonyl (C=O) groups excluding carboxylic acids is 6. The Labute approximate surface area is 618 Å². The van der Waals surface area contributed by atoms with Crippen LogP contribution in [0, 0.1) is 0 Å². The smallest absolute Gasteiger partial charge is 0.221 e. The van der Waals surface area contributed by atoms with Crippen LogP contribution in [0.1, 0.15) is 394 Å². The Hall–Kier alpha value is -3.34. The number of primary amides is 1. The average Bonchev–Trinajstić information content (AvgIpc) is 1.06. The van der Waals surface area contributed by atoms with Crippen LogP contribution in [0.25, 0.3) is 0 Å². The van der Waals surface area contributed by atoms with E-state index >= 15 is 0 Å². The Kier molecular flexibility index (Phi) is 75.6. The van der Waals surface area contributed by atoms with Crippen LogP contribution in [0.5, 0.6) is 0 Å². The van der Waals surface area contributed by atoms with Crippen LogP contribution in [-0.4, -0.2) is 166 Å². The van der Waals surface area contributed by atoms with Crippen molar-refractivity contribution in [1.29, 1.82) is 0 Å². The maximum Gasteiger partial charge on any atom is 0.221 e. The number of carbonyl (C=O) groups is 6. The van der Waals surface area contributed by atoms with Crippen molar-refractivity contribution in [3.63, 3.8) is 0 Å². The van der Waals surface area contributed by atoms with E-state index in [4.69, 9.17) is 5.73 Å². The van der Waals surface area contributed by atoms with E-state index in [2.05, 4.69) is 80.8 Å². The zero-order valence-corrected chi connectivity index (χ0v) is 66.9. The summed E-state index contributed by atoms with van der Waals surface area (Å²) in [4.78, 5) is 88.8. The number of nitrogens with one attached hydrogen (secondary N) is 5. The van der Waals surface area contributed by atoms with Gasteiger partial charge in [-0.05, 0) is 32.1 Å². The quantitative estimate of drug-likeness (QED) is 0.0318. The Balaban J connectivity index is 6.41. The number of nitrogens with zero attached hydrogens (tertiary/aromatic N) is 4. The molecule has 0 aromatic rings. The van der Waals surface area contributed by atoms with Gasteiger partial charge in [-0.2, -0.15) is 0 Å². The summed E-state index contributed by atoms with van der Waals surface area (Å²) in [5, 5.41) is 16.0. The first-order valence-corrected chi connectivity index (χ1v) is 43.5. The molecular weight excluding hydrogens is 1240 g/mol. The van der Waals surface area contributed by atoms with Gasteiger partial charge in [0.25, 0.3) is 0 Å². The van der Waals surface area contributed by atoms with Crippen LogP contribution in [-0.2, 0) is 28.8 Å². The zero-order chi connectivity index (χ0) is 72.9. The molecule has 0 heterocycles. The zero-order valence-electron chi connectivity index (χ0n) is 66.9. The summed E-state index contributed by atoms with van der Waals surface area (Å²) >= 11 is 0. The Bertz CT molecular complexity index is 1770. The van der Waals surface area contributed by atoms with Gasteiger partial charge in [0.2, 0.25) is 35.4 Å². The molecule has 0 fully saturated rings. The van der Waals surface area contributed by atoms with Crippen molar-refractivity contribution >= 4 is 35.4 Å². The van der Waals surface area contributed by atoms with Crippen LogP contribution in [0.3, 0.4) is 0 Å². The minimum atomic E-state index is -0.376. The van der Waals surface area contributed by atoms with E-state index in [1.165, 1.54) is 257 Å². The first-order valence-electron chi connectivity index (χ1n) is 43.5. The van der Waals surface area contributed by atoms with Gasteiger partial charge in [0.1, 0.15) is 0 Å². The molecule has 0 radical (unpaired) electrons. The monoisotopic (exact) mass is 1410 g/mol.